The first-order chi connectivity index (χ1) is 7.99. The molecule has 0 aliphatic heterocycles. The van der Waals surface area contributed by atoms with Crippen LogP contribution in [0.1, 0.15) is 29.2 Å². The first kappa shape index (κ1) is 13.5. The van der Waals surface area contributed by atoms with Crippen molar-refractivity contribution in [3.8, 4) is 5.75 Å². The van der Waals surface area contributed by atoms with Gasteiger partial charge in [0.25, 0.3) is 0 Å². The van der Waals surface area contributed by atoms with Gasteiger partial charge >= 0.3 is 0 Å². The Bertz CT molecular complexity index is 395. The van der Waals surface area contributed by atoms with E-state index in [2.05, 4.69) is 5.43 Å². The highest BCUT2D eigenvalue weighted by molar-refractivity contribution is 5.76. The summed E-state index contributed by atoms with van der Waals surface area (Å²) in [5.74, 6) is 5.61. The van der Waals surface area contributed by atoms with Gasteiger partial charge in [-0.3, -0.25) is 10.2 Å². The van der Waals surface area contributed by atoms with Crippen molar-refractivity contribution in [3.05, 3.63) is 28.8 Å². The third-order valence-corrected chi connectivity index (χ3v) is 2.68. The standard InChI is InChI=1S/C12H19N3O2/c1-7-4-9(5-8(2)12(7)17-3)10(13)6-11(16)15-14/h4-5,10H,6,13-14H2,1-3H3,(H,15,16). The van der Waals surface area contributed by atoms with Gasteiger partial charge in [0, 0.05) is 12.5 Å². The SMILES string of the molecule is COc1c(C)cc(C(N)CC(=O)NN)cc1C. The minimum Gasteiger partial charge on any atom is -0.496 e. The van der Waals surface area contributed by atoms with Crippen molar-refractivity contribution in [3.63, 3.8) is 0 Å². The molecule has 1 rings (SSSR count). The number of rotatable bonds is 4. The van der Waals surface area contributed by atoms with Gasteiger partial charge in [-0.1, -0.05) is 12.1 Å². The maximum atomic E-state index is 11.1. The molecule has 0 bridgehead atoms. The Labute approximate surface area is 101 Å². The molecule has 17 heavy (non-hydrogen) atoms. The summed E-state index contributed by atoms with van der Waals surface area (Å²) in [6.45, 7) is 3.90. The second-order valence-corrected chi connectivity index (χ2v) is 4.07. The van der Waals surface area contributed by atoms with Crippen LogP contribution in [0.25, 0.3) is 0 Å². The summed E-state index contributed by atoms with van der Waals surface area (Å²) in [7, 11) is 1.64. The molecular weight excluding hydrogens is 218 g/mol. The van der Waals surface area contributed by atoms with Gasteiger partial charge in [-0.05, 0) is 30.5 Å². The molecule has 94 valence electrons. The first-order valence-corrected chi connectivity index (χ1v) is 5.39. The molecule has 1 aromatic carbocycles. The van der Waals surface area contributed by atoms with Gasteiger partial charge in [-0.2, -0.15) is 0 Å². The number of nitrogens with one attached hydrogen (secondary N) is 1. The summed E-state index contributed by atoms with van der Waals surface area (Å²) in [5, 5.41) is 0. The molecule has 1 unspecified atom stereocenters. The highest BCUT2D eigenvalue weighted by atomic mass is 16.5. The third kappa shape index (κ3) is 3.18. The van der Waals surface area contributed by atoms with Crippen LogP contribution < -0.4 is 21.7 Å². The van der Waals surface area contributed by atoms with Crippen LogP contribution in [0.3, 0.4) is 0 Å². The van der Waals surface area contributed by atoms with Crippen molar-refractivity contribution >= 4 is 5.91 Å². The highest BCUT2D eigenvalue weighted by Crippen LogP contribution is 2.27. The highest BCUT2D eigenvalue weighted by Gasteiger charge is 2.13. The predicted octanol–water partition coefficient (Wildman–Crippen LogP) is 0.692. The predicted molar refractivity (Wildman–Crippen MR) is 66.3 cm³/mol. The number of hydrazine groups is 1. The van der Waals surface area contributed by atoms with Crippen molar-refractivity contribution in [2.24, 2.45) is 11.6 Å². The molecule has 0 spiro atoms. The van der Waals surface area contributed by atoms with Crippen LogP contribution in [-0.4, -0.2) is 13.0 Å². The van der Waals surface area contributed by atoms with Gasteiger partial charge in [0.2, 0.25) is 5.91 Å². The molecule has 5 heteroatoms. The molecule has 5 N–H and O–H groups in total. The minimum absolute atomic E-state index is 0.168. The zero-order valence-electron chi connectivity index (χ0n) is 10.4. The number of carbonyl (C=O) groups excluding carboxylic acids is 1. The summed E-state index contributed by atoms with van der Waals surface area (Å²) < 4.78 is 5.27. The Hall–Kier alpha value is -1.59. The van der Waals surface area contributed by atoms with E-state index in [9.17, 15) is 4.79 Å². The molecule has 0 radical (unpaired) electrons. The number of carbonyl (C=O) groups is 1. The smallest absolute Gasteiger partial charge is 0.235 e. The Morgan fingerprint density at radius 3 is 2.35 bits per heavy atom. The molecule has 0 aromatic heterocycles. The average Bonchev–Trinajstić information content (AvgIpc) is 2.28. The van der Waals surface area contributed by atoms with Gasteiger partial charge in [0.15, 0.2) is 0 Å². The van der Waals surface area contributed by atoms with Gasteiger partial charge in [0.05, 0.1) is 7.11 Å². The number of nitrogens with two attached hydrogens (primary N) is 2. The lowest BCUT2D eigenvalue weighted by atomic mass is 9.98. The van der Waals surface area contributed by atoms with Gasteiger partial charge in [-0.25, -0.2) is 5.84 Å². The summed E-state index contributed by atoms with van der Waals surface area (Å²) in [5.41, 5.74) is 10.9. The summed E-state index contributed by atoms with van der Waals surface area (Å²) in [6.07, 6.45) is 0.168. The Morgan fingerprint density at radius 2 is 1.94 bits per heavy atom. The van der Waals surface area contributed by atoms with E-state index in [1.165, 1.54) is 0 Å². The van der Waals surface area contributed by atoms with E-state index in [0.29, 0.717) is 0 Å². The summed E-state index contributed by atoms with van der Waals surface area (Å²) in [4.78, 5) is 11.1. The first-order valence-electron chi connectivity index (χ1n) is 5.39. The molecule has 0 saturated heterocycles. The molecule has 0 aliphatic carbocycles. The monoisotopic (exact) mass is 237 g/mol. The molecule has 5 nitrogen and oxygen atoms in total. The van der Waals surface area contributed by atoms with Crippen LogP contribution in [0.5, 0.6) is 5.75 Å². The molecule has 0 aliphatic rings. The van der Waals surface area contributed by atoms with E-state index in [1.807, 2.05) is 26.0 Å². The number of aryl methyl sites for hydroxylation is 2. The van der Waals surface area contributed by atoms with E-state index in [0.717, 1.165) is 22.4 Å². The molecule has 1 aromatic rings. The normalized spacial score (nSPS) is 12.1. The Morgan fingerprint density at radius 1 is 1.41 bits per heavy atom. The zero-order valence-corrected chi connectivity index (χ0v) is 10.4. The fourth-order valence-corrected chi connectivity index (χ4v) is 1.90. The Kier molecular flexibility index (Phi) is 4.48. The van der Waals surface area contributed by atoms with E-state index >= 15 is 0 Å². The number of hydrogen-bond acceptors (Lipinski definition) is 4. The van der Waals surface area contributed by atoms with Gasteiger partial charge in [0.1, 0.15) is 5.75 Å². The van der Waals surface area contributed by atoms with Crippen molar-refractivity contribution in [1.29, 1.82) is 0 Å². The van der Waals surface area contributed by atoms with E-state index in [-0.39, 0.29) is 18.4 Å². The van der Waals surface area contributed by atoms with Crippen LogP contribution in [0, 0.1) is 13.8 Å². The lowest BCUT2D eigenvalue weighted by Gasteiger charge is -2.15. The number of ether oxygens (including phenoxy) is 1. The lowest BCUT2D eigenvalue weighted by molar-refractivity contribution is -0.121. The van der Waals surface area contributed by atoms with Crippen LogP contribution >= 0.6 is 0 Å². The van der Waals surface area contributed by atoms with Crippen molar-refractivity contribution in [2.45, 2.75) is 26.3 Å². The van der Waals surface area contributed by atoms with Crippen molar-refractivity contribution in [1.82, 2.24) is 5.43 Å². The summed E-state index contributed by atoms with van der Waals surface area (Å²) >= 11 is 0. The van der Waals surface area contributed by atoms with Crippen LogP contribution in [0.15, 0.2) is 12.1 Å². The van der Waals surface area contributed by atoms with E-state index < -0.39 is 0 Å². The van der Waals surface area contributed by atoms with Crippen LogP contribution in [-0.2, 0) is 4.79 Å². The second-order valence-electron chi connectivity index (χ2n) is 4.07. The van der Waals surface area contributed by atoms with Crippen molar-refractivity contribution in [2.75, 3.05) is 7.11 Å². The quantitative estimate of drug-likeness (QED) is 0.408. The molecule has 0 heterocycles. The maximum absolute atomic E-state index is 11.1. The van der Waals surface area contributed by atoms with Crippen molar-refractivity contribution < 1.29 is 9.53 Å². The number of benzene rings is 1. The number of hydrogen-bond donors (Lipinski definition) is 3. The second kappa shape index (κ2) is 5.65. The Balaban J connectivity index is 2.96. The largest absolute Gasteiger partial charge is 0.496 e. The summed E-state index contributed by atoms with van der Waals surface area (Å²) in [6, 6.07) is 3.50. The molecular formula is C12H19N3O2. The van der Waals surface area contributed by atoms with Gasteiger partial charge < -0.3 is 10.5 Å². The average molecular weight is 237 g/mol. The van der Waals surface area contributed by atoms with E-state index in [1.54, 1.807) is 7.11 Å². The van der Waals surface area contributed by atoms with Crippen LogP contribution in [0.2, 0.25) is 0 Å². The molecule has 1 atom stereocenters. The number of methoxy groups -OCH3 is 1. The fraction of sp³-hybridized carbons (Fsp3) is 0.417. The third-order valence-electron chi connectivity index (χ3n) is 2.68. The topological polar surface area (TPSA) is 90.4 Å². The van der Waals surface area contributed by atoms with Gasteiger partial charge in [-0.15, -0.1) is 0 Å². The van der Waals surface area contributed by atoms with E-state index in [4.69, 9.17) is 16.3 Å². The number of amides is 1. The molecule has 0 fully saturated rings. The molecule has 1 amide bonds. The van der Waals surface area contributed by atoms with Crippen LogP contribution in [0.4, 0.5) is 0 Å². The lowest BCUT2D eigenvalue weighted by Crippen LogP contribution is -2.32. The fourth-order valence-electron chi connectivity index (χ4n) is 1.90. The molecule has 0 saturated carbocycles. The maximum Gasteiger partial charge on any atom is 0.235 e. The zero-order chi connectivity index (χ0) is 13.0. The minimum atomic E-state index is -0.359.